The van der Waals surface area contributed by atoms with E-state index in [-0.39, 0.29) is 5.91 Å². The first-order valence-corrected chi connectivity index (χ1v) is 5.56. The van der Waals surface area contributed by atoms with E-state index in [0.29, 0.717) is 12.5 Å². The molecule has 17 heavy (non-hydrogen) atoms. The lowest BCUT2D eigenvalue weighted by Crippen LogP contribution is -2.22. The van der Waals surface area contributed by atoms with Gasteiger partial charge in [0.25, 0.3) is 0 Å². The highest BCUT2D eigenvalue weighted by Gasteiger charge is 1.98. The number of nitrogens with one attached hydrogen (secondary N) is 2. The van der Waals surface area contributed by atoms with Gasteiger partial charge in [-0.25, -0.2) is 0 Å². The lowest BCUT2D eigenvalue weighted by atomic mass is 10.3. The van der Waals surface area contributed by atoms with Crippen LogP contribution in [0.1, 0.15) is 20.3 Å². The number of hydrogen-bond donors (Lipinski definition) is 3. The lowest BCUT2D eigenvalue weighted by molar-refractivity contribution is -0.114. The number of guanidine groups is 1. The number of anilines is 2. The number of nitrogens with two attached hydrogens (primary N) is 1. The highest BCUT2D eigenvalue weighted by molar-refractivity contribution is 5.94. The minimum atomic E-state index is -0.102. The topological polar surface area (TPSA) is 79.5 Å². The summed E-state index contributed by atoms with van der Waals surface area (Å²) < 4.78 is 0. The SMILES string of the molecule is CCCN=C(N)Nc1cccc(NC(C)=O)c1. The van der Waals surface area contributed by atoms with Crippen molar-refractivity contribution in [2.75, 3.05) is 17.2 Å². The molecule has 1 rings (SSSR count). The van der Waals surface area contributed by atoms with E-state index in [0.717, 1.165) is 17.8 Å². The maximum atomic E-state index is 10.9. The number of carbonyl (C=O) groups is 1. The van der Waals surface area contributed by atoms with Crippen LogP contribution in [0.2, 0.25) is 0 Å². The zero-order valence-electron chi connectivity index (χ0n) is 10.2. The van der Waals surface area contributed by atoms with Crippen molar-refractivity contribution < 1.29 is 4.79 Å². The van der Waals surface area contributed by atoms with Crippen molar-refractivity contribution in [1.29, 1.82) is 0 Å². The van der Waals surface area contributed by atoms with Gasteiger partial charge in [-0.15, -0.1) is 0 Å². The van der Waals surface area contributed by atoms with E-state index in [1.54, 1.807) is 6.07 Å². The molecule has 92 valence electrons. The molecule has 0 aliphatic carbocycles. The summed E-state index contributed by atoms with van der Waals surface area (Å²) in [5.41, 5.74) is 7.22. The largest absolute Gasteiger partial charge is 0.370 e. The molecule has 0 saturated heterocycles. The number of carbonyl (C=O) groups excluding carboxylic acids is 1. The Hall–Kier alpha value is -2.04. The average Bonchev–Trinajstić information content (AvgIpc) is 2.26. The number of benzene rings is 1. The molecule has 0 radical (unpaired) electrons. The number of nitrogens with zero attached hydrogens (tertiary/aromatic N) is 1. The third kappa shape index (κ3) is 5.01. The minimum absolute atomic E-state index is 0.102. The van der Waals surface area contributed by atoms with Gasteiger partial charge in [0.05, 0.1) is 0 Å². The second-order valence-electron chi connectivity index (χ2n) is 3.65. The van der Waals surface area contributed by atoms with Crippen LogP contribution in [-0.2, 0) is 4.79 Å². The van der Waals surface area contributed by atoms with E-state index in [2.05, 4.69) is 15.6 Å². The second kappa shape index (κ2) is 6.52. The molecule has 1 amide bonds. The van der Waals surface area contributed by atoms with E-state index < -0.39 is 0 Å². The first-order valence-electron chi connectivity index (χ1n) is 5.56. The maximum absolute atomic E-state index is 10.9. The van der Waals surface area contributed by atoms with E-state index in [9.17, 15) is 4.79 Å². The first kappa shape index (κ1) is 13.0. The van der Waals surface area contributed by atoms with Gasteiger partial charge in [-0.1, -0.05) is 13.0 Å². The third-order valence-corrected chi connectivity index (χ3v) is 1.96. The Kier molecular flexibility index (Phi) is 5.00. The zero-order chi connectivity index (χ0) is 12.7. The fraction of sp³-hybridized carbons (Fsp3) is 0.333. The fourth-order valence-electron chi connectivity index (χ4n) is 1.30. The summed E-state index contributed by atoms with van der Waals surface area (Å²) in [5.74, 6) is 0.279. The summed E-state index contributed by atoms with van der Waals surface area (Å²) >= 11 is 0. The summed E-state index contributed by atoms with van der Waals surface area (Å²) in [5, 5.41) is 5.67. The monoisotopic (exact) mass is 234 g/mol. The first-order chi connectivity index (χ1) is 8.11. The molecule has 4 N–H and O–H groups in total. The van der Waals surface area contributed by atoms with E-state index in [1.165, 1.54) is 6.92 Å². The van der Waals surface area contributed by atoms with Crippen molar-refractivity contribution in [1.82, 2.24) is 0 Å². The van der Waals surface area contributed by atoms with Crippen molar-refractivity contribution in [2.45, 2.75) is 20.3 Å². The van der Waals surface area contributed by atoms with Crippen LogP contribution in [-0.4, -0.2) is 18.4 Å². The fourth-order valence-corrected chi connectivity index (χ4v) is 1.30. The molecule has 0 aliphatic rings. The summed E-state index contributed by atoms with van der Waals surface area (Å²) in [6.07, 6.45) is 0.953. The summed E-state index contributed by atoms with van der Waals surface area (Å²) in [7, 11) is 0. The van der Waals surface area contributed by atoms with Crippen LogP contribution in [0.5, 0.6) is 0 Å². The molecular weight excluding hydrogens is 216 g/mol. The van der Waals surface area contributed by atoms with Gasteiger partial charge in [-0.2, -0.15) is 0 Å². The third-order valence-electron chi connectivity index (χ3n) is 1.96. The summed E-state index contributed by atoms with van der Waals surface area (Å²) in [6, 6.07) is 7.31. The Labute approximate surface area is 101 Å². The molecule has 0 aliphatic heterocycles. The molecule has 0 fully saturated rings. The Morgan fingerprint density at radius 1 is 1.35 bits per heavy atom. The predicted molar refractivity (Wildman–Crippen MR) is 71.1 cm³/mol. The molecule has 0 bridgehead atoms. The molecule has 0 aromatic heterocycles. The van der Waals surface area contributed by atoms with Gasteiger partial charge in [0, 0.05) is 24.8 Å². The summed E-state index contributed by atoms with van der Waals surface area (Å²) in [6.45, 7) is 4.20. The van der Waals surface area contributed by atoms with Crippen LogP contribution in [0.3, 0.4) is 0 Å². The van der Waals surface area contributed by atoms with Crippen LogP contribution in [0, 0.1) is 0 Å². The van der Waals surface area contributed by atoms with E-state index in [1.807, 2.05) is 25.1 Å². The number of hydrogen-bond acceptors (Lipinski definition) is 2. The van der Waals surface area contributed by atoms with Gasteiger partial charge >= 0.3 is 0 Å². The van der Waals surface area contributed by atoms with Crippen LogP contribution < -0.4 is 16.4 Å². The molecular formula is C12H18N4O. The predicted octanol–water partition coefficient (Wildman–Crippen LogP) is 1.78. The van der Waals surface area contributed by atoms with Gasteiger partial charge in [-0.3, -0.25) is 9.79 Å². The molecule has 0 unspecified atom stereocenters. The standard InChI is InChI=1S/C12H18N4O/c1-3-7-14-12(13)16-11-6-4-5-10(8-11)15-9(2)17/h4-6,8H,3,7H2,1-2H3,(H,15,17)(H3,13,14,16). The van der Waals surface area contributed by atoms with Crippen molar-refractivity contribution in [3.05, 3.63) is 24.3 Å². The smallest absolute Gasteiger partial charge is 0.221 e. The molecule has 0 atom stereocenters. The van der Waals surface area contributed by atoms with Crippen LogP contribution in [0.4, 0.5) is 11.4 Å². The maximum Gasteiger partial charge on any atom is 0.221 e. The molecule has 0 saturated carbocycles. The molecule has 1 aromatic rings. The Balaban J connectivity index is 2.68. The van der Waals surface area contributed by atoms with Gasteiger partial charge < -0.3 is 16.4 Å². The van der Waals surface area contributed by atoms with E-state index in [4.69, 9.17) is 5.73 Å². The van der Waals surface area contributed by atoms with Gasteiger partial charge in [-0.05, 0) is 24.6 Å². The molecule has 5 nitrogen and oxygen atoms in total. The normalized spacial score (nSPS) is 11.1. The van der Waals surface area contributed by atoms with E-state index >= 15 is 0 Å². The van der Waals surface area contributed by atoms with Crippen molar-refractivity contribution in [3.63, 3.8) is 0 Å². The van der Waals surface area contributed by atoms with Gasteiger partial charge in [0.1, 0.15) is 0 Å². The average molecular weight is 234 g/mol. The molecule has 5 heteroatoms. The number of rotatable bonds is 4. The number of amides is 1. The molecule has 0 spiro atoms. The molecule has 0 heterocycles. The lowest BCUT2D eigenvalue weighted by Gasteiger charge is -2.07. The number of aliphatic imine (C=N–C) groups is 1. The minimum Gasteiger partial charge on any atom is -0.370 e. The Bertz CT molecular complexity index is 415. The van der Waals surface area contributed by atoms with Crippen LogP contribution in [0.15, 0.2) is 29.3 Å². The Morgan fingerprint density at radius 2 is 2.00 bits per heavy atom. The highest BCUT2D eigenvalue weighted by Crippen LogP contribution is 2.14. The Morgan fingerprint density at radius 3 is 2.59 bits per heavy atom. The second-order valence-corrected chi connectivity index (χ2v) is 3.65. The highest BCUT2D eigenvalue weighted by atomic mass is 16.1. The van der Waals surface area contributed by atoms with Gasteiger partial charge in [0.15, 0.2) is 5.96 Å². The van der Waals surface area contributed by atoms with Crippen molar-refractivity contribution in [2.24, 2.45) is 10.7 Å². The quantitative estimate of drug-likeness (QED) is 0.549. The molecule has 1 aromatic carbocycles. The zero-order valence-corrected chi connectivity index (χ0v) is 10.2. The van der Waals surface area contributed by atoms with Crippen molar-refractivity contribution in [3.8, 4) is 0 Å². The van der Waals surface area contributed by atoms with Gasteiger partial charge in [0.2, 0.25) is 5.91 Å². The summed E-state index contributed by atoms with van der Waals surface area (Å²) in [4.78, 5) is 15.0. The van der Waals surface area contributed by atoms with Crippen molar-refractivity contribution >= 4 is 23.2 Å². The van der Waals surface area contributed by atoms with Crippen LogP contribution in [0.25, 0.3) is 0 Å². The van der Waals surface area contributed by atoms with Crippen LogP contribution >= 0.6 is 0 Å².